The predicted octanol–water partition coefficient (Wildman–Crippen LogP) is 4.75. The van der Waals surface area contributed by atoms with E-state index in [0.717, 1.165) is 23.8 Å². The first-order chi connectivity index (χ1) is 14.7. The van der Waals surface area contributed by atoms with Crippen molar-refractivity contribution in [3.8, 4) is 5.69 Å². The molecule has 0 unspecified atom stereocenters. The largest absolute Gasteiger partial charge is 0.348 e. The molecule has 0 spiro atoms. The highest BCUT2D eigenvalue weighted by Crippen LogP contribution is 2.42. The number of benzene rings is 1. The minimum atomic E-state index is 0.125. The van der Waals surface area contributed by atoms with Gasteiger partial charge in [0.15, 0.2) is 11.6 Å². The first kappa shape index (κ1) is 19.0. The van der Waals surface area contributed by atoms with Gasteiger partial charge in [0, 0.05) is 6.04 Å². The number of fused-ring (bicyclic) bond motifs is 3. The number of aryl methyl sites for hydroxylation is 1. The molecule has 0 saturated heterocycles. The highest BCUT2D eigenvalue weighted by atomic mass is 15.4. The summed E-state index contributed by atoms with van der Waals surface area (Å²) in [5.74, 6) is 2.65. The molecule has 1 aliphatic carbocycles. The Hall–Kier alpha value is -2.96. The summed E-state index contributed by atoms with van der Waals surface area (Å²) in [6.45, 7) is 6.47. The van der Waals surface area contributed by atoms with E-state index in [1.165, 1.54) is 36.8 Å². The Morgan fingerprint density at radius 2 is 1.93 bits per heavy atom. The summed E-state index contributed by atoms with van der Waals surface area (Å²) in [4.78, 5) is 12.2. The number of anilines is 2. The van der Waals surface area contributed by atoms with Crippen molar-refractivity contribution in [1.29, 1.82) is 0 Å². The fourth-order valence-corrected chi connectivity index (χ4v) is 4.85. The zero-order valence-corrected chi connectivity index (χ0v) is 17.9. The second-order valence-corrected chi connectivity index (χ2v) is 8.51. The van der Waals surface area contributed by atoms with Gasteiger partial charge in [0.25, 0.3) is 0 Å². The van der Waals surface area contributed by atoms with Gasteiger partial charge in [0.1, 0.15) is 12.0 Å². The summed E-state index contributed by atoms with van der Waals surface area (Å²) >= 11 is 0. The van der Waals surface area contributed by atoms with Crippen LogP contribution in [0.4, 0.5) is 11.8 Å². The number of nitrogens with one attached hydrogen (secondary N) is 1. The quantitative estimate of drug-likeness (QED) is 0.663. The zero-order chi connectivity index (χ0) is 20.7. The zero-order valence-electron chi connectivity index (χ0n) is 17.9. The second kappa shape index (κ2) is 7.70. The van der Waals surface area contributed by atoms with Gasteiger partial charge in [-0.3, -0.25) is 4.57 Å². The topological polar surface area (TPSA) is 71.8 Å². The maximum absolute atomic E-state index is 5.03. The van der Waals surface area contributed by atoms with Crippen LogP contribution in [0, 0.1) is 6.92 Å². The maximum Gasteiger partial charge on any atom is 0.225 e. The van der Waals surface area contributed by atoms with Crippen molar-refractivity contribution in [2.45, 2.75) is 71.0 Å². The lowest BCUT2D eigenvalue weighted by Crippen LogP contribution is -2.42. The standard InChI is InChI=1S/C23H29N7/c1-4-19-22-28-25-14-29(22)20-13-24-23(26-16(3)17-11-9-15(2)10-12-17)27-21(20)30(19)18-7-5-6-8-18/h9-14,16,18-19H,4-8H2,1-3H3,(H,24,26,27)/t16-,19+/m0/s1. The van der Waals surface area contributed by atoms with Gasteiger partial charge >= 0.3 is 0 Å². The molecule has 2 aromatic heterocycles. The van der Waals surface area contributed by atoms with Crippen LogP contribution >= 0.6 is 0 Å². The van der Waals surface area contributed by atoms with Crippen molar-refractivity contribution in [2.24, 2.45) is 0 Å². The fraction of sp³-hybridized carbons (Fsp3) is 0.478. The summed E-state index contributed by atoms with van der Waals surface area (Å²) in [6, 6.07) is 9.42. The molecule has 7 nitrogen and oxygen atoms in total. The highest BCUT2D eigenvalue weighted by molar-refractivity contribution is 5.63. The van der Waals surface area contributed by atoms with Gasteiger partial charge in [-0.15, -0.1) is 10.2 Å². The van der Waals surface area contributed by atoms with E-state index in [1.807, 2.05) is 6.20 Å². The smallest absolute Gasteiger partial charge is 0.225 e. The van der Waals surface area contributed by atoms with Crippen LogP contribution in [-0.4, -0.2) is 30.8 Å². The molecular formula is C23H29N7. The van der Waals surface area contributed by atoms with Crippen molar-refractivity contribution in [2.75, 3.05) is 10.2 Å². The molecule has 30 heavy (non-hydrogen) atoms. The van der Waals surface area contributed by atoms with Crippen molar-refractivity contribution in [3.63, 3.8) is 0 Å². The lowest BCUT2D eigenvalue weighted by atomic mass is 10.0. The molecule has 1 fully saturated rings. The molecule has 2 atom stereocenters. The normalized spacial score (nSPS) is 19.4. The number of nitrogens with zero attached hydrogens (tertiary/aromatic N) is 6. The van der Waals surface area contributed by atoms with E-state index < -0.39 is 0 Å². The highest BCUT2D eigenvalue weighted by Gasteiger charge is 2.38. The van der Waals surface area contributed by atoms with Crippen LogP contribution in [0.2, 0.25) is 0 Å². The van der Waals surface area contributed by atoms with Gasteiger partial charge in [-0.05, 0) is 38.7 Å². The third-order valence-electron chi connectivity index (χ3n) is 6.49. The molecule has 1 saturated carbocycles. The Labute approximate surface area is 177 Å². The van der Waals surface area contributed by atoms with Crippen LogP contribution < -0.4 is 10.2 Å². The number of hydrogen-bond acceptors (Lipinski definition) is 6. The first-order valence-corrected chi connectivity index (χ1v) is 11.0. The molecule has 0 bridgehead atoms. The molecule has 1 N–H and O–H groups in total. The van der Waals surface area contributed by atoms with E-state index in [4.69, 9.17) is 4.98 Å². The molecule has 3 aromatic rings. The molecule has 2 aliphatic rings. The van der Waals surface area contributed by atoms with Crippen LogP contribution in [0.3, 0.4) is 0 Å². The van der Waals surface area contributed by atoms with E-state index in [9.17, 15) is 0 Å². The molecule has 1 aromatic carbocycles. The fourth-order valence-electron chi connectivity index (χ4n) is 4.85. The molecule has 7 heteroatoms. The summed E-state index contributed by atoms with van der Waals surface area (Å²) in [5.41, 5.74) is 3.46. The van der Waals surface area contributed by atoms with Gasteiger partial charge in [0.05, 0.1) is 18.3 Å². The lowest BCUT2D eigenvalue weighted by Gasteiger charge is -2.40. The minimum absolute atomic E-state index is 0.125. The average molecular weight is 404 g/mol. The Morgan fingerprint density at radius 1 is 1.17 bits per heavy atom. The van der Waals surface area contributed by atoms with Crippen molar-refractivity contribution in [3.05, 3.63) is 53.7 Å². The lowest BCUT2D eigenvalue weighted by molar-refractivity contribution is 0.469. The van der Waals surface area contributed by atoms with Crippen molar-refractivity contribution in [1.82, 2.24) is 24.7 Å². The van der Waals surface area contributed by atoms with E-state index >= 15 is 0 Å². The Morgan fingerprint density at radius 3 is 2.67 bits per heavy atom. The minimum Gasteiger partial charge on any atom is -0.348 e. The summed E-state index contributed by atoms with van der Waals surface area (Å²) in [6.07, 6.45) is 9.64. The molecule has 5 rings (SSSR count). The van der Waals surface area contributed by atoms with Gasteiger partial charge in [-0.25, -0.2) is 4.98 Å². The molecular weight excluding hydrogens is 374 g/mol. The van der Waals surface area contributed by atoms with E-state index in [0.29, 0.717) is 12.0 Å². The van der Waals surface area contributed by atoms with E-state index in [1.54, 1.807) is 6.33 Å². The molecule has 3 heterocycles. The van der Waals surface area contributed by atoms with Crippen LogP contribution in [0.5, 0.6) is 0 Å². The number of rotatable bonds is 5. The van der Waals surface area contributed by atoms with Gasteiger partial charge in [-0.1, -0.05) is 49.6 Å². The Kier molecular flexibility index (Phi) is 4.89. The second-order valence-electron chi connectivity index (χ2n) is 8.51. The summed E-state index contributed by atoms with van der Waals surface area (Å²) in [7, 11) is 0. The Balaban J connectivity index is 1.52. The van der Waals surface area contributed by atoms with Gasteiger partial charge < -0.3 is 10.2 Å². The van der Waals surface area contributed by atoms with Gasteiger partial charge in [0.2, 0.25) is 5.95 Å². The predicted molar refractivity (Wildman–Crippen MR) is 118 cm³/mol. The van der Waals surface area contributed by atoms with Crippen LogP contribution in [0.15, 0.2) is 36.8 Å². The van der Waals surface area contributed by atoms with Gasteiger partial charge in [-0.2, -0.15) is 4.98 Å². The summed E-state index contributed by atoms with van der Waals surface area (Å²) < 4.78 is 2.06. The average Bonchev–Trinajstić information content (AvgIpc) is 3.45. The molecule has 1 aliphatic heterocycles. The molecule has 0 amide bonds. The third-order valence-corrected chi connectivity index (χ3v) is 6.49. The Bertz CT molecular complexity index is 1020. The van der Waals surface area contributed by atoms with Crippen LogP contribution in [-0.2, 0) is 0 Å². The number of aromatic nitrogens is 5. The first-order valence-electron chi connectivity index (χ1n) is 11.0. The third kappa shape index (κ3) is 3.22. The monoisotopic (exact) mass is 403 g/mol. The number of hydrogen-bond donors (Lipinski definition) is 1. The maximum atomic E-state index is 5.03. The molecule has 0 radical (unpaired) electrons. The van der Waals surface area contributed by atoms with Crippen molar-refractivity contribution >= 4 is 11.8 Å². The van der Waals surface area contributed by atoms with E-state index in [2.05, 4.69) is 75.0 Å². The SMILES string of the molecule is CC[C@@H]1c2nncn2-c2cnc(N[C@@H](C)c3ccc(C)cc3)nc2N1C1CCCC1. The van der Waals surface area contributed by atoms with E-state index in [-0.39, 0.29) is 12.1 Å². The van der Waals surface area contributed by atoms with Crippen molar-refractivity contribution < 1.29 is 0 Å². The summed E-state index contributed by atoms with van der Waals surface area (Å²) in [5, 5.41) is 12.1. The van der Waals surface area contributed by atoms with Crippen LogP contribution in [0.25, 0.3) is 5.69 Å². The molecule has 156 valence electrons. The van der Waals surface area contributed by atoms with Crippen LogP contribution in [0.1, 0.15) is 75.0 Å².